The second-order valence-corrected chi connectivity index (χ2v) is 2.68. The number of carbonyl (C=O) groups excluding carboxylic acids is 1. The molecule has 0 fully saturated rings. The summed E-state index contributed by atoms with van der Waals surface area (Å²) in [5.74, 6) is 0.785. The zero-order valence-electron chi connectivity index (χ0n) is 6.48. The lowest BCUT2D eigenvalue weighted by atomic mass is 10.0. The quantitative estimate of drug-likeness (QED) is 0.566. The lowest BCUT2D eigenvalue weighted by molar-refractivity contribution is -0.116. The van der Waals surface area contributed by atoms with Gasteiger partial charge in [0.05, 0.1) is 0 Å². The molecule has 0 rings (SSSR count). The first-order chi connectivity index (χ1) is 4.16. The molecule has 53 valence electrons. The van der Waals surface area contributed by atoms with Crippen LogP contribution in [0.15, 0.2) is 0 Å². The number of Topliss-reactive ketones (excluding diaryl/α,β-unsaturated/α-hetero) is 1. The summed E-state index contributed by atoms with van der Waals surface area (Å²) in [6, 6.07) is 0. The van der Waals surface area contributed by atoms with Gasteiger partial charge in [-0.05, 0) is 12.3 Å². The van der Waals surface area contributed by atoms with Gasteiger partial charge in [-0.1, -0.05) is 20.8 Å². The Morgan fingerprint density at radius 3 is 2.44 bits per heavy atom. The van der Waals surface area contributed by atoms with E-state index in [9.17, 15) is 4.79 Å². The van der Waals surface area contributed by atoms with E-state index in [1.807, 2.05) is 6.92 Å². The van der Waals surface area contributed by atoms with Crippen molar-refractivity contribution in [2.75, 3.05) is 0 Å². The van der Waals surface area contributed by atoms with Crippen LogP contribution in [0.3, 0.4) is 0 Å². The predicted molar refractivity (Wildman–Crippen MR) is 39.1 cm³/mol. The van der Waals surface area contributed by atoms with E-state index >= 15 is 0 Å². The van der Waals surface area contributed by atoms with Gasteiger partial charge in [-0.25, -0.2) is 0 Å². The van der Waals surface area contributed by atoms with Crippen LogP contribution in [0.2, 0.25) is 0 Å². The molecule has 0 bridgehead atoms. The van der Waals surface area contributed by atoms with Crippen LogP contribution in [0.4, 0.5) is 0 Å². The molecule has 1 radical (unpaired) electrons. The smallest absolute Gasteiger partial charge is 0.136 e. The summed E-state index contributed by atoms with van der Waals surface area (Å²) in [4.78, 5) is 10.8. The summed E-state index contributed by atoms with van der Waals surface area (Å²) in [5, 5.41) is 0. The van der Waals surface area contributed by atoms with Crippen LogP contribution < -0.4 is 0 Å². The third-order valence-electron chi connectivity index (χ3n) is 1.04. The number of ketones is 1. The van der Waals surface area contributed by atoms with Crippen LogP contribution in [0, 0.1) is 12.3 Å². The molecule has 0 saturated heterocycles. The van der Waals surface area contributed by atoms with Crippen molar-refractivity contribution in [3.05, 3.63) is 6.42 Å². The van der Waals surface area contributed by atoms with Gasteiger partial charge >= 0.3 is 0 Å². The van der Waals surface area contributed by atoms with Crippen molar-refractivity contribution in [3.8, 4) is 0 Å². The van der Waals surface area contributed by atoms with E-state index in [0.717, 1.165) is 6.42 Å². The minimum atomic E-state index is 0.285. The molecule has 0 aliphatic carbocycles. The van der Waals surface area contributed by atoms with Crippen molar-refractivity contribution in [2.45, 2.75) is 33.6 Å². The maximum absolute atomic E-state index is 10.8. The van der Waals surface area contributed by atoms with E-state index in [4.69, 9.17) is 0 Å². The van der Waals surface area contributed by atoms with Crippen molar-refractivity contribution in [1.82, 2.24) is 0 Å². The number of hydrogen-bond acceptors (Lipinski definition) is 1. The van der Waals surface area contributed by atoms with Gasteiger partial charge in [-0.2, -0.15) is 0 Å². The average molecular weight is 127 g/mol. The summed E-state index contributed by atoms with van der Waals surface area (Å²) >= 11 is 0. The topological polar surface area (TPSA) is 17.1 Å². The van der Waals surface area contributed by atoms with Crippen LogP contribution >= 0.6 is 0 Å². The molecule has 0 aromatic heterocycles. The van der Waals surface area contributed by atoms with Gasteiger partial charge in [-0.15, -0.1) is 0 Å². The van der Waals surface area contributed by atoms with Crippen LogP contribution in [0.25, 0.3) is 0 Å². The lowest BCUT2D eigenvalue weighted by Gasteiger charge is -2.00. The Morgan fingerprint density at radius 1 is 1.56 bits per heavy atom. The Kier molecular flexibility index (Phi) is 4.37. The minimum Gasteiger partial charge on any atom is -0.299 e. The van der Waals surface area contributed by atoms with Crippen LogP contribution in [-0.4, -0.2) is 5.78 Å². The molecular formula is C8H15O. The molecule has 0 aliphatic heterocycles. The van der Waals surface area contributed by atoms with Gasteiger partial charge in [0, 0.05) is 12.8 Å². The first kappa shape index (κ1) is 8.67. The number of rotatable bonds is 4. The van der Waals surface area contributed by atoms with E-state index in [1.165, 1.54) is 0 Å². The second kappa shape index (κ2) is 4.54. The molecule has 1 nitrogen and oxygen atoms in total. The Bertz CT molecular complexity index is 84.6. The third-order valence-corrected chi connectivity index (χ3v) is 1.04. The summed E-state index contributed by atoms with van der Waals surface area (Å²) in [6.07, 6.45) is 3.32. The minimum absolute atomic E-state index is 0.285. The summed E-state index contributed by atoms with van der Waals surface area (Å²) < 4.78 is 0. The van der Waals surface area contributed by atoms with Gasteiger partial charge in [0.1, 0.15) is 5.78 Å². The Morgan fingerprint density at radius 2 is 2.11 bits per heavy atom. The van der Waals surface area contributed by atoms with Crippen LogP contribution in [0.1, 0.15) is 33.6 Å². The standard InChI is InChI=1S/C8H15O/c1-4-5-8(9)6-7(2)3/h5,7H,4,6H2,1-3H3. The molecule has 0 N–H and O–H groups in total. The van der Waals surface area contributed by atoms with Gasteiger partial charge < -0.3 is 0 Å². The monoisotopic (exact) mass is 127 g/mol. The van der Waals surface area contributed by atoms with Crippen LogP contribution in [0.5, 0.6) is 0 Å². The molecule has 0 aliphatic rings. The lowest BCUT2D eigenvalue weighted by Crippen LogP contribution is -2.01. The zero-order chi connectivity index (χ0) is 7.28. The fourth-order valence-electron chi connectivity index (χ4n) is 0.713. The predicted octanol–water partition coefficient (Wildman–Crippen LogP) is 2.22. The third kappa shape index (κ3) is 5.54. The molecule has 0 spiro atoms. The molecule has 1 heteroatoms. The van der Waals surface area contributed by atoms with Crippen LogP contribution in [-0.2, 0) is 4.79 Å². The molecule has 0 aromatic carbocycles. The van der Waals surface area contributed by atoms with Crippen molar-refractivity contribution < 1.29 is 4.79 Å². The average Bonchev–Trinajstić information content (AvgIpc) is 1.63. The van der Waals surface area contributed by atoms with E-state index in [1.54, 1.807) is 6.42 Å². The largest absolute Gasteiger partial charge is 0.299 e. The molecule has 9 heavy (non-hydrogen) atoms. The first-order valence-electron chi connectivity index (χ1n) is 3.52. The number of carbonyl (C=O) groups is 1. The van der Waals surface area contributed by atoms with Crippen molar-refractivity contribution in [1.29, 1.82) is 0 Å². The van der Waals surface area contributed by atoms with Gasteiger partial charge in [-0.3, -0.25) is 4.79 Å². The summed E-state index contributed by atoms with van der Waals surface area (Å²) in [6.45, 7) is 6.10. The van der Waals surface area contributed by atoms with Gasteiger partial charge in [0.25, 0.3) is 0 Å². The van der Waals surface area contributed by atoms with Crippen molar-refractivity contribution in [2.24, 2.45) is 5.92 Å². The summed E-state index contributed by atoms with van der Waals surface area (Å²) in [7, 11) is 0. The Hall–Kier alpha value is -0.330. The Labute approximate surface area is 57.5 Å². The maximum Gasteiger partial charge on any atom is 0.136 e. The molecule has 0 atom stereocenters. The van der Waals surface area contributed by atoms with E-state index in [0.29, 0.717) is 12.3 Å². The number of hydrogen-bond donors (Lipinski definition) is 0. The normalized spacial score (nSPS) is 10.2. The highest BCUT2D eigenvalue weighted by molar-refractivity contribution is 5.86. The highest BCUT2D eigenvalue weighted by atomic mass is 16.1. The van der Waals surface area contributed by atoms with Gasteiger partial charge in [0.15, 0.2) is 0 Å². The van der Waals surface area contributed by atoms with E-state index in [-0.39, 0.29) is 5.78 Å². The second-order valence-electron chi connectivity index (χ2n) is 2.68. The molecule has 0 unspecified atom stereocenters. The molecular weight excluding hydrogens is 112 g/mol. The molecule has 0 amide bonds. The van der Waals surface area contributed by atoms with E-state index < -0.39 is 0 Å². The van der Waals surface area contributed by atoms with Crippen molar-refractivity contribution >= 4 is 5.78 Å². The Balaban J connectivity index is 3.27. The fourth-order valence-corrected chi connectivity index (χ4v) is 0.713. The molecule has 0 heterocycles. The van der Waals surface area contributed by atoms with Crippen molar-refractivity contribution in [3.63, 3.8) is 0 Å². The zero-order valence-corrected chi connectivity index (χ0v) is 6.48. The van der Waals surface area contributed by atoms with Gasteiger partial charge in [0.2, 0.25) is 0 Å². The molecule has 0 aromatic rings. The van der Waals surface area contributed by atoms with E-state index in [2.05, 4.69) is 13.8 Å². The highest BCUT2D eigenvalue weighted by Crippen LogP contribution is 2.02. The fraction of sp³-hybridized carbons (Fsp3) is 0.750. The highest BCUT2D eigenvalue weighted by Gasteiger charge is 2.02. The molecule has 0 saturated carbocycles. The maximum atomic E-state index is 10.8. The summed E-state index contributed by atoms with van der Waals surface area (Å²) in [5.41, 5.74) is 0. The first-order valence-corrected chi connectivity index (χ1v) is 3.52. The SMILES string of the molecule is CC[CH]C(=O)CC(C)C.